The smallest absolute Gasteiger partial charge is 0.187 e. The summed E-state index contributed by atoms with van der Waals surface area (Å²) in [6.45, 7) is 0. The fraction of sp³-hybridized carbons (Fsp3) is 0.167. The zero-order valence-electron chi connectivity index (χ0n) is 8.27. The van der Waals surface area contributed by atoms with Gasteiger partial charge in [-0.15, -0.1) is 0 Å². The van der Waals surface area contributed by atoms with Crippen LogP contribution >= 0.6 is 11.6 Å². The maximum absolute atomic E-state index is 14.5. The number of para-hydroxylation sites is 1. The van der Waals surface area contributed by atoms with Crippen LogP contribution in [0.3, 0.4) is 0 Å². The van der Waals surface area contributed by atoms with Gasteiger partial charge in [-0.25, -0.2) is 4.39 Å². The Labute approximate surface area is 97.3 Å². The average molecular weight is 241 g/mol. The van der Waals surface area contributed by atoms with Crippen molar-refractivity contribution in [1.29, 1.82) is 0 Å². The molecule has 0 heterocycles. The first-order chi connectivity index (χ1) is 7.54. The number of phenols is 1. The van der Waals surface area contributed by atoms with Crippen LogP contribution in [0.15, 0.2) is 47.5 Å². The molecule has 0 bridgehead atoms. The van der Waals surface area contributed by atoms with Crippen LogP contribution in [0, 0.1) is 0 Å². The molecule has 0 spiro atoms. The van der Waals surface area contributed by atoms with Gasteiger partial charge in [0.1, 0.15) is 11.9 Å². The van der Waals surface area contributed by atoms with Gasteiger partial charge < -0.3 is 10.2 Å². The molecule has 4 heteroatoms. The molecule has 0 fully saturated rings. The van der Waals surface area contributed by atoms with E-state index in [0.29, 0.717) is 0 Å². The highest BCUT2D eigenvalue weighted by molar-refractivity contribution is 6.31. The second-order valence-electron chi connectivity index (χ2n) is 3.61. The highest BCUT2D eigenvalue weighted by atomic mass is 35.5. The molecule has 2 rings (SSSR count). The number of allylic oxidation sites excluding steroid dienone is 2. The van der Waals surface area contributed by atoms with Gasteiger partial charge in [-0.1, -0.05) is 29.8 Å². The number of rotatable bonds is 1. The summed E-state index contributed by atoms with van der Waals surface area (Å²) in [6.07, 6.45) is 2.31. The molecule has 84 valence electrons. The topological polar surface area (TPSA) is 40.5 Å². The van der Waals surface area contributed by atoms with Gasteiger partial charge in [-0.05, 0) is 24.3 Å². The first kappa shape index (κ1) is 11.2. The predicted octanol–water partition coefficient (Wildman–Crippen LogP) is 2.61. The number of aromatic hydroxyl groups is 1. The van der Waals surface area contributed by atoms with Crippen molar-refractivity contribution in [3.05, 3.63) is 53.1 Å². The molecule has 2 N–H and O–H groups in total. The molecule has 16 heavy (non-hydrogen) atoms. The minimum Gasteiger partial charge on any atom is -0.508 e. The first-order valence-electron chi connectivity index (χ1n) is 4.76. The van der Waals surface area contributed by atoms with Gasteiger partial charge in [0.2, 0.25) is 0 Å². The lowest BCUT2D eigenvalue weighted by atomic mass is 9.86. The number of hydrogen-bond acceptors (Lipinski definition) is 2. The van der Waals surface area contributed by atoms with E-state index in [0.717, 1.165) is 6.08 Å². The lowest BCUT2D eigenvalue weighted by molar-refractivity contribution is 0.0529. The van der Waals surface area contributed by atoms with Crippen molar-refractivity contribution in [2.75, 3.05) is 0 Å². The summed E-state index contributed by atoms with van der Waals surface area (Å²) < 4.78 is 14.5. The van der Waals surface area contributed by atoms with E-state index in [9.17, 15) is 14.6 Å². The fourth-order valence-electron chi connectivity index (χ4n) is 1.67. The summed E-state index contributed by atoms with van der Waals surface area (Å²) in [5.41, 5.74) is -2.11. The Morgan fingerprint density at radius 3 is 2.62 bits per heavy atom. The first-order valence-corrected chi connectivity index (χ1v) is 5.14. The molecule has 1 aromatic rings. The molecule has 1 aromatic carbocycles. The van der Waals surface area contributed by atoms with E-state index >= 15 is 0 Å². The quantitative estimate of drug-likeness (QED) is 0.792. The van der Waals surface area contributed by atoms with Crippen molar-refractivity contribution in [3.8, 4) is 5.75 Å². The SMILES string of the molecule is Oc1ccccc1C1(F)C=CC(Cl)=CC1O. The molecule has 2 nitrogen and oxygen atoms in total. The lowest BCUT2D eigenvalue weighted by Gasteiger charge is -2.29. The van der Waals surface area contributed by atoms with E-state index in [1.54, 1.807) is 12.1 Å². The van der Waals surface area contributed by atoms with Crippen molar-refractivity contribution in [2.24, 2.45) is 0 Å². The number of alkyl halides is 1. The van der Waals surface area contributed by atoms with Crippen LogP contribution in [0.1, 0.15) is 5.56 Å². The minimum absolute atomic E-state index is 0.0270. The van der Waals surface area contributed by atoms with E-state index in [-0.39, 0.29) is 16.3 Å². The number of halogens is 2. The number of hydrogen-bond donors (Lipinski definition) is 2. The predicted molar refractivity (Wildman–Crippen MR) is 60.0 cm³/mol. The van der Waals surface area contributed by atoms with Gasteiger partial charge in [0.15, 0.2) is 5.67 Å². The van der Waals surface area contributed by atoms with Crippen LogP contribution in [0.25, 0.3) is 0 Å². The molecule has 1 aliphatic rings. The molecule has 0 aromatic heterocycles. The van der Waals surface area contributed by atoms with E-state index in [1.165, 1.54) is 24.3 Å². The Bertz CT molecular complexity index is 470. The Morgan fingerprint density at radius 2 is 2.00 bits per heavy atom. The highest BCUT2D eigenvalue weighted by Crippen LogP contribution is 2.40. The molecule has 0 radical (unpaired) electrons. The maximum Gasteiger partial charge on any atom is 0.187 e. The van der Waals surface area contributed by atoms with Gasteiger partial charge in [0, 0.05) is 10.6 Å². The summed E-state index contributed by atoms with van der Waals surface area (Å²) in [5, 5.41) is 19.5. The summed E-state index contributed by atoms with van der Waals surface area (Å²) in [4.78, 5) is 0. The molecule has 2 atom stereocenters. The second-order valence-corrected chi connectivity index (χ2v) is 4.05. The third-order valence-corrected chi connectivity index (χ3v) is 2.80. The number of benzene rings is 1. The van der Waals surface area contributed by atoms with Crippen LogP contribution < -0.4 is 0 Å². The van der Waals surface area contributed by atoms with Gasteiger partial charge >= 0.3 is 0 Å². The van der Waals surface area contributed by atoms with Crippen LogP contribution in [0.2, 0.25) is 0 Å². The van der Waals surface area contributed by atoms with Crippen LogP contribution in [0.4, 0.5) is 4.39 Å². The van der Waals surface area contributed by atoms with Crippen molar-refractivity contribution < 1.29 is 14.6 Å². The van der Waals surface area contributed by atoms with Crippen molar-refractivity contribution in [1.82, 2.24) is 0 Å². The number of aliphatic hydroxyl groups excluding tert-OH is 1. The second kappa shape index (κ2) is 3.92. The normalized spacial score (nSPS) is 28.9. The molecular formula is C12H10ClFO2. The van der Waals surface area contributed by atoms with Crippen LogP contribution in [-0.2, 0) is 5.67 Å². The minimum atomic E-state index is -2.14. The summed E-state index contributed by atoms with van der Waals surface area (Å²) in [5.74, 6) is -0.194. The lowest BCUT2D eigenvalue weighted by Crippen LogP contribution is -2.33. The standard InChI is InChI=1S/C12H10ClFO2/c13-8-5-6-12(14,11(16)7-8)9-3-1-2-4-10(9)15/h1-7,11,15-16H. The van der Waals surface area contributed by atoms with Gasteiger partial charge in [0.05, 0.1) is 0 Å². The summed E-state index contributed by atoms with van der Waals surface area (Å²) in [7, 11) is 0. The third kappa shape index (κ3) is 1.72. The summed E-state index contributed by atoms with van der Waals surface area (Å²) in [6, 6.07) is 5.98. The van der Waals surface area contributed by atoms with Gasteiger partial charge in [-0.2, -0.15) is 0 Å². The molecule has 0 saturated carbocycles. The largest absolute Gasteiger partial charge is 0.508 e. The Kier molecular flexibility index (Phi) is 2.74. The zero-order chi connectivity index (χ0) is 11.8. The molecule has 0 amide bonds. The number of phenolic OH excluding ortho intramolecular Hbond substituents is 1. The van der Waals surface area contributed by atoms with Crippen LogP contribution in [-0.4, -0.2) is 16.3 Å². The Morgan fingerprint density at radius 1 is 1.31 bits per heavy atom. The van der Waals surface area contributed by atoms with Gasteiger partial charge in [0.25, 0.3) is 0 Å². The van der Waals surface area contributed by atoms with E-state index in [4.69, 9.17) is 11.6 Å². The molecule has 2 unspecified atom stereocenters. The van der Waals surface area contributed by atoms with Crippen LogP contribution in [0.5, 0.6) is 5.75 Å². The highest BCUT2D eigenvalue weighted by Gasteiger charge is 2.40. The van der Waals surface area contributed by atoms with E-state index in [2.05, 4.69) is 0 Å². The maximum atomic E-state index is 14.5. The Hall–Kier alpha value is -1.32. The van der Waals surface area contributed by atoms with Crippen molar-refractivity contribution >= 4 is 11.6 Å². The number of aliphatic hydroxyl groups is 1. The molecule has 0 aliphatic heterocycles. The third-order valence-electron chi connectivity index (χ3n) is 2.55. The fourth-order valence-corrected chi connectivity index (χ4v) is 1.86. The van der Waals surface area contributed by atoms with Crippen molar-refractivity contribution in [2.45, 2.75) is 11.8 Å². The monoisotopic (exact) mass is 240 g/mol. The summed E-state index contributed by atoms with van der Waals surface area (Å²) >= 11 is 5.65. The molecular weight excluding hydrogens is 231 g/mol. The van der Waals surface area contributed by atoms with Crippen molar-refractivity contribution in [3.63, 3.8) is 0 Å². The van der Waals surface area contributed by atoms with Gasteiger partial charge in [-0.3, -0.25) is 0 Å². The zero-order valence-corrected chi connectivity index (χ0v) is 9.03. The molecule has 0 saturated heterocycles. The molecule has 1 aliphatic carbocycles. The Balaban J connectivity index is 2.49. The average Bonchev–Trinajstić information content (AvgIpc) is 2.25. The van der Waals surface area contributed by atoms with E-state index in [1.807, 2.05) is 0 Å². The van der Waals surface area contributed by atoms with E-state index < -0.39 is 11.8 Å².